The van der Waals surface area contributed by atoms with Crippen LogP contribution in [0.1, 0.15) is 0 Å². The minimum absolute atomic E-state index is 0.418. The Hall–Kier alpha value is -0.650. The molecule has 5 heteroatoms. The van der Waals surface area contributed by atoms with Crippen molar-refractivity contribution in [3.63, 3.8) is 0 Å². The average molecular weight is 186 g/mol. The molecular weight excluding hydrogens is 168 g/mol. The molecule has 0 radical (unpaired) electrons. The van der Waals surface area contributed by atoms with E-state index in [1.807, 2.05) is 0 Å². The lowest BCUT2D eigenvalue weighted by Gasteiger charge is -2.33. The predicted molar refractivity (Wildman–Crippen MR) is 51.1 cm³/mol. The molecule has 13 heavy (non-hydrogen) atoms. The standard InChI is InChI=1S/C8H18N4O/c1-11-2-4-12(5-3-11)6-7(9)8(10)13/h7H,2-6,9H2,1H3,(H2,10,13). The molecule has 1 atom stereocenters. The molecule has 0 aromatic carbocycles. The summed E-state index contributed by atoms with van der Waals surface area (Å²) >= 11 is 0. The first-order valence-electron chi connectivity index (χ1n) is 4.55. The molecule has 76 valence electrons. The van der Waals surface area contributed by atoms with Gasteiger partial charge in [-0.2, -0.15) is 0 Å². The van der Waals surface area contributed by atoms with Gasteiger partial charge in [-0.1, -0.05) is 0 Å². The number of hydrogen-bond acceptors (Lipinski definition) is 4. The van der Waals surface area contributed by atoms with Crippen LogP contribution in [0.4, 0.5) is 0 Å². The van der Waals surface area contributed by atoms with Crippen LogP contribution in [-0.4, -0.2) is 61.5 Å². The van der Waals surface area contributed by atoms with Crippen molar-refractivity contribution in [2.24, 2.45) is 11.5 Å². The highest BCUT2D eigenvalue weighted by atomic mass is 16.1. The average Bonchev–Trinajstić information content (AvgIpc) is 2.08. The second-order valence-electron chi connectivity index (χ2n) is 3.61. The minimum Gasteiger partial charge on any atom is -0.368 e. The van der Waals surface area contributed by atoms with E-state index in [-0.39, 0.29) is 0 Å². The summed E-state index contributed by atoms with van der Waals surface area (Å²) in [6.45, 7) is 4.59. The van der Waals surface area contributed by atoms with Crippen molar-refractivity contribution in [1.29, 1.82) is 0 Å². The van der Waals surface area contributed by atoms with Gasteiger partial charge in [-0.15, -0.1) is 0 Å². The Morgan fingerprint density at radius 1 is 1.38 bits per heavy atom. The molecule has 1 unspecified atom stereocenters. The van der Waals surface area contributed by atoms with Crippen LogP contribution in [0.15, 0.2) is 0 Å². The molecule has 1 fully saturated rings. The molecule has 0 saturated carbocycles. The lowest BCUT2D eigenvalue weighted by atomic mass is 10.2. The second-order valence-corrected chi connectivity index (χ2v) is 3.61. The summed E-state index contributed by atoms with van der Waals surface area (Å²) in [5, 5.41) is 0. The van der Waals surface area contributed by atoms with E-state index in [9.17, 15) is 4.79 Å². The molecular formula is C8H18N4O. The molecule has 5 nitrogen and oxygen atoms in total. The molecule has 0 bridgehead atoms. The summed E-state index contributed by atoms with van der Waals surface area (Å²) < 4.78 is 0. The van der Waals surface area contributed by atoms with E-state index < -0.39 is 11.9 Å². The number of rotatable bonds is 3. The summed E-state index contributed by atoms with van der Waals surface area (Å²) in [4.78, 5) is 15.1. The van der Waals surface area contributed by atoms with Crippen LogP contribution < -0.4 is 11.5 Å². The Balaban J connectivity index is 2.26. The molecule has 1 saturated heterocycles. The maximum Gasteiger partial charge on any atom is 0.235 e. The van der Waals surface area contributed by atoms with Crippen LogP contribution in [0.2, 0.25) is 0 Å². The van der Waals surface area contributed by atoms with Crippen LogP contribution in [0.25, 0.3) is 0 Å². The normalized spacial score (nSPS) is 22.9. The van der Waals surface area contributed by atoms with Crippen molar-refractivity contribution in [1.82, 2.24) is 9.80 Å². The molecule has 0 spiro atoms. The lowest BCUT2D eigenvalue weighted by molar-refractivity contribution is -0.119. The van der Waals surface area contributed by atoms with Gasteiger partial charge in [0, 0.05) is 32.7 Å². The number of nitrogens with two attached hydrogens (primary N) is 2. The van der Waals surface area contributed by atoms with Gasteiger partial charge in [-0.3, -0.25) is 9.69 Å². The monoisotopic (exact) mass is 186 g/mol. The van der Waals surface area contributed by atoms with E-state index in [2.05, 4.69) is 16.8 Å². The fraction of sp³-hybridized carbons (Fsp3) is 0.875. The molecule has 1 aliphatic rings. The van der Waals surface area contributed by atoms with Crippen LogP contribution >= 0.6 is 0 Å². The molecule has 1 amide bonds. The van der Waals surface area contributed by atoms with Gasteiger partial charge in [0.2, 0.25) is 5.91 Å². The van der Waals surface area contributed by atoms with Gasteiger partial charge in [-0.25, -0.2) is 0 Å². The third-order valence-corrected chi connectivity index (χ3v) is 2.42. The van der Waals surface area contributed by atoms with Gasteiger partial charge < -0.3 is 16.4 Å². The molecule has 0 aromatic rings. The van der Waals surface area contributed by atoms with Crippen molar-refractivity contribution in [2.75, 3.05) is 39.8 Å². The van der Waals surface area contributed by atoms with E-state index in [0.29, 0.717) is 6.54 Å². The molecule has 1 aliphatic heterocycles. The van der Waals surface area contributed by atoms with Crippen molar-refractivity contribution in [2.45, 2.75) is 6.04 Å². The van der Waals surface area contributed by atoms with Crippen LogP contribution in [0.5, 0.6) is 0 Å². The second kappa shape index (κ2) is 4.55. The van der Waals surface area contributed by atoms with Crippen LogP contribution in [0, 0.1) is 0 Å². The van der Waals surface area contributed by atoms with E-state index >= 15 is 0 Å². The van der Waals surface area contributed by atoms with Crippen molar-refractivity contribution in [3.8, 4) is 0 Å². The predicted octanol–water partition coefficient (Wildman–Crippen LogP) is -1.95. The van der Waals surface area contributed by atoms with E-state index in [1.54, 1.807) is 0 Å². The Labute approximate surface area is 78.6 Å². The lowest BCUT2D eigenvalue weighted by Crippen LogP contribution is -2.51. The third-order valence-electron chi connectivity index (χ3n) is 2.42. The Morgan fingerprint density at radius 2 is 1.92 bits per heavy atom. The quantitative estimate of drug-likeness (QED) is 0.537. The highest BCUT2D eigenvalue weighted by Gasteiger charge is 2.18. The van der Waals surface area contributed by atoms with Crippen molar-refractivity contribution < 1.29 is 4.79 Å². The van der Waals surface area contributed by atoms with Crippen LogP contribution in [-0.2, 0) is 4.79 Å². The van der Waals surface area contributed by atoms with Crippen LogP contribution in [0.3, 0.4) is 0 Å². The van der Waals surface area contributed by atoms with Gasteiger partial charge in [0.15, 0.2) is 0 Å². The Bertz CT molecular complexity index is 177. The number of piperazine rings is 1. The zero-order valence-electron chi connectivity index (χ0n) is 8.07. The maximum atomic E-state index is 10.7. The molecule has 4 N–H and O–H groups in total. The maximum absolute atomic E-state index is 10.7. The van der Waals surface area contributed by atoms with Gasteiger partial charge in [-0.05, 0) is 7.05 Å². The van der Waals surface area contributed by atoms with Crippen molar-refractivity contribution in [3.05, 3.63) is 0 Å². The topological polar surface area (TPSA) is 75.6 Å². The largest absolute Gasteiger partial charge is 0.368 e. The highest BCUT2D eigenvalue weighted by molar-refractivity contribution is 5.79. The van der Waals surface area contributed by atoms with Gasteiger partial charge in [0.05, 0.1) is 6.04 Å². The van der Waals surface area contributed by atoms with Crippen molar-refractivity contribution >= 4 is 5.91 Å². The first-order chi connectivity index (χ1) is 6.09. The number of nitrogens with zero attached hydrogens (tertiary/aromatic N) is 2. The number of carbonyl (C=O) groups excluding carboxylic acids is 1. The summed E-state index contributed by atoms with van der Waals surface area (Å²) in [6, 6.07) is -0.525. The first kappa shape index (κ1) is 10.4. The highest BCUT2D eigenvalue weighted by Crippen LogP contribution is 1.99. The number of amides is 1. The zero-order chi connectivity index (χ0) is 9.84. The third kappa shape index (κ3) is 3.30. The first-order valence-corrected chi connectivity index (χ1v) is 4.55. The fourth-order valence-electron chi connectivity index (χ4n) is 1.40. The minimum atomic E-state index is -0.525. The number of hydrogen-bond donors (Lipinski definition) is 2. The van der Waals surface area contributed by atoms with E-state index in [0.717, 1.165) is 26.2 Å². The number of primary amides is 1. The zero-order valence-corrected chi connectivity index (χ0v) is 8.07. The Morgan fingerprint density at radius 3 is 2.38 bits per heavy atom. The fourth-order valence-corrected chi connectivity index (χ4v) is 1.40. The number of likely N-dealkylation sites (N-methyl/N-ethyl adjacent to an activating group) is 1. The summed E-state index contributed by atoms with van der Waals surface area (Å²) in [6.07, 6.45) is 0. The Kier molecular flexibility index (Phi) is 3.65. The molecule has 1 rings (SSSR count). The number of carbonyl (C=O) groups is 1. The van der Waals surface area contributed by atoms with E-state index in [4.69, 9.17) is 11.5 Å². The molecule has 0 aliphatic carbocycles. The van der Waals surface area contributed by atoms with Gasteiger partial charge in [0.1, 0.15) is 0 Å². The molecule has 0 aromatic heterocycles. The SMILES string of the molecule is CN1CCN(CC(N)C(N)=O)CC1. The molecule has 1 heterocycles. The van der Waals surface area contributed by atoms with Gasteiger partial charge >= 0.3 is 0 Å². The summed E-state index contributed by atoms with van der Waals surface area (Å²) in [5.41, 5.74) is 10.6. The summed E-state index contributed by atoms with van der Waals surface area (Å²) in [5.74, 6) is -0.418. The van der Waals surface area contributed by atoms with Gasteiger partial charge in [0.25, 0.3) is 0 Å². The summed E-state index contributed by atoms with van der Waals surface area (Å²) in [7, 11) is 2.09. The van der Waals surface area contributed by atoms with E-state index in [1.165, 1.54) is 0 Å². The smallest absolute Gasteiger partial charge is 0.235 e.